The van der Waals surface area contributed by atoms with Crippen LogP contribution in [0.5, 0.6) is 5.88 Å². The maximum absolute atomic E-state index is 10.5. The number of aliphatic carboxylic acids is 1. The van der Waals surface area contributed by atoms with E-state index in [0.717, 1.165) is 11.4 Å². The van der Waals surface area contributed by atoms with Gasteiger partial charge in [0.1, 0.15) is 12.1 Å². The van der Waals surface area contributed by atoms with Crippen molar-refractivity contribution >= 4 is 11.8 Å². The van der Waals surface area contributed by atoms with Gasteiger partial charge in [-0.05, 0) is 20.3 Å². The maximum Gasteiger partial charge on any atom is 0.303 e. The zero-order valence-electron chi connectivity index (χ0n) is 11.0. The van der Waals surface area contributed by atoms with Crippen molar-refractivity contribution in [1.29, 1.82) is 0 Å². The Kier molecular flexibility index (Phi) is 5.35. The van der Waals surface area contributed by atoms with Crippen LogP contribution in [0.1, 0.15) is 25.3 Å². The molecule has 0 saturated heterocycles. The van der Waals surface area contributed by atoms with Crippen molar-refractivity contribution in [3.63, 3.8) is 0 Å². The van der Waals surface area contributed by atoms with Crippen LogP contribution in [0.2, 0.25) is 0 Å². The lowest BCUT2D eigenvalue weighted by Crippen LogP contribution is -2.22. The van der Waals surface area contributed by atoms with Crippen LogP contribution in [-0.4, -0.2) is 41.2 Å². The lowest BCUT2D eigenvalue weighted by atomic mass is 10.2. The highest BCUT2D eigenvalue weighted by Crippen LogP contribution is 2.23. The highest BCUT2D eigenvalue weighted by Gasteiger charge is 2.11. The third kappa shape index (κ3) is 3.87. The fourth-order valence-corrected chi connectivity index (χ4v) is 1.67. The summed E-state index contributed by atoms with van der Waals surface area (Å²) in [5, 5.41) is 8.60. The van der Waals surface area contributed by atoms with Gasteiger partial charge in [-0.3, -0.25) is 4.79 Å². The smallest absolute Gasteiger partial charge is 0.303 e. The van der Waals surface area contributed by atoms with Crippen LogP contribution in [0, 0.1) is 6.92 Å². The molecule has 1 N–H and O–H groups in total. The van der Waals surface area contributed by atoms with Gasteiger partial charge in [0.05, 0.1) is 12.2 Å². The fourth-order valence-electron chi connectivity index (χ4n) is 1.67. The Balaban J connectivity index is 2.69. The molecule has 100 valence electrons. The van der Waals surface area contributed by atoms with Crippen LogP contribution in [-0.2, 0) is 4.79 Å². The Morgan fingerprint density at radius 2 is 2.22 bits per heavy atom. The van der Waals surface area contributed by atoms with Gasteiger partial charge in [-0.25, -0.2) is 9.97 Å². The van der Waals surface area contributed by atoms with Crippen molar-refractivity contribution in [2.45, 2.75) is 26.7 Å². The highest BCUT2D eigenvalue weighted by molar-refractivity contribution is 5.66. The van der Waals surface area contributed by atoms with E-state index in [1.54, 1.807) is 0 Å². The first-order valence-corrected chi connectivity index (χ1v) is 5.93. The van der Waals surface area contributed by atoms with Gasteiger partial charge >= 0.3 is 5.97 Å². The zero-order chi connectivity index (χ0) is 13.5. The van der Waals surface area contributed by atoms with E-state index in [0.29, 0.717) is 25.5 Å². The van der Waals surface area contributed by atoms with Crippen molar-refractivity contribution in [2.24, 2.45) is 0 Å². The number of nitrogens with zero attached hydrogens (tertiary/aromatic N) is 3. The van der Waals surface area contributed by atoms with Gasteiger partial charge in [-0.1, -0.05) is 0 Å². The van der Waals surface area contributed by atoms with Crippen LogP contribution in [0.4, 0.5) is 5.82 Å². The summed E-state index contributed by atoms with van der Waals surface area (Å²) in [5.41, 5.74) is 0.872. The van der Waals surface area contributed by atoms with Gasteiger partial charge in [0, 0.05) is 20.0 Å². The van der Waals surface area contributed by atoms with Gasteiger partial charge in [0.25, 0.3) is 0 Å². The fraction of sp³-hybridized carbons (Fsp3) is 0.583. The predicted molar refractivity (Wildman–Crippen MR) is 68.1 cm³/mol. The van der Waals surface area contributed by atoms with E-state index in [1.165, 1.54) is 6.33 Å². The summed E-state index contributed by atoms with van der Waals surface area (Å²) in [4.78, 5) is 20.7. The number of aromatic nitrogens is 2. The van der Waals surface area contributed by atoms with E-state index < -0.39 is 5.97 Å². The molecule has 6 heteroatoms. The maximum atomic E-state index is 10.5. The Bertz CT molecular complexity index is 410. The summed E-state index contributed by atoms with van der Waals surface area (Å²) in [5.74, 6) is 0.573. The normalized spacial score (nSPS) is 10.2. The molecule has 0 spiro atoms. The molecule has 0 aliphatic heterocycles. The SMILES string of the molecule is CCOc1ncnc(N(C)CCCC(=O)O)c1C. The standard InChI is InChI=1S/C12H19N3O3/c1-4-18-12-9(2)11(13-8-14-12)15(3)7-5-6-10(16)17/h8H,4-7H2,1-3H3,(H,16,17). The number of rotatable bonds is 7. The molecule has 0 radical (unpaired) electrons. The molecular formula is C12H19N3O3. The minimum atomic E-state index is -0.780. The van der Waals surface area contributed by atoms with Crippen LogP contribution in [0.25, 0.3) is 0 Å². The summed E-state index contributed by atoms with van der Waals surface area (Å²) in [6, 6.07) is 0. The van der Waals surface area contributed by atoms with Gasteiger partial charge in [-0.2, -0.15) is 0 Å². The van der Waals surface area contributed by atoms with Crippen molar-refractivity contribution in [2.75, 3.05) is 25.1 Å². The molecule has 0 saturated carbocycles. The van der Waals surface area contributed by atoms with E-state index >= 15 is 0 Å². The number of ether oxygens (including phenoxy) is 1. The minimum Gasteiger partial charge on any atom is -0.481 e. The highest BCUT2D eigenvalue weighted by atomic mass is 16.5. The van der Waals surface area contributed by atoms with Gasteiger partial charge in [0.15, 0.2) is 0 Å². The first-order valence-electron chi connectivity index (χ1n) is 5.93. The molecule has 18 heavy (non-hydrogen) atoms. The summed E-state index contributed by atoms with van der Waals surface area (Å²) >= 11 is 0. The molecule has 0 aliphatic carbocycles. The third-order valence-corrected chi connectivity index (χ3v) is 2.54. The molecule has 0 aromatic carbocycles. The van der Waals surface area contributed by atoms with E-state index in [1.807, 2.05) is 25.8 Å². The van der Waals surface area contributed by atoms with E-state index in [2.05, 4.69) is 9.97 Å². The Morgan fingerprint density at radius 3 is 2.83 bits per heavy atom. The van der Waals surface area contributed by atoms with Gasteiger partial charge < -0.3 is 14.7 Å². The second kappa shape index (κ2) is 6.78. The largest absolute Gasteiger partial charge is 0.481 e. The molecule has 1 aromatic rings. The topological polar surface area (TPSA) is 75.6 Å². The van der Waals surface area contributed by atoms with Crippen molar-refractivity contribution in [1.82, 2.24) is 9.97 Å². The molecule has 1 rings (SSSR count). The van der Waals surface area contributed by atoms with Crippen molar-refractivity contribution < 1.29 is 14.6 Å². The van der Waals surface area contributed by atoms with Crippen LogP contribution >= 0.6 is 0 Å². The molecular weight excluding hydrogens is 234 g/mol. The van der Waals surface area contributed by atoms with Crippen molar-refractivity contribution in [3.8, 4) is 5.88 Å². The third-order valence-electron chi connectivity index (χ3n) is 2.54. The monoisotopic (exact) mass is 253 g/mol. The van der Waals surface area contributed by atoms with Gasteiger partial charge in [0.2, 0.25) is 5.88 Å². The van der Waals surface area contributed by atoms with Crippen LogP contribution in [0.3, 0.4) is 0 Å². The number of carboxylic acid groups (broad SMARTS) is 1. The molecule has 0 bridgehead atoms. The number of hydrogen-bond acceptors (Lipinski definition) is 5. The second-order valence-corrected chi connectivity index (χ2v) is 3.98. The molecule has 1 heterocycles. The summed E-state index contributed by atoms with van der Waals surface area (Å²) in [6.45, 7) is 4.99. The Morgan fingerprint density at radius 1 is 1.50 bits per heavy atom. The molecule has 1 aromatic heterocycles. The van der Waals surface area contributed by atoms with E-state index in [9.17, 15) is 4.79 Å². The average Bonchev–Trinajstić information content (AvgIpc) is 2.31. The second-order valence-electron chi connectivity index (χ2n) is 3.98. The van der Waals surface area contributed by atoms with Crippen LogP contribution in [0.15, 0.2) is 6.33 Å². The number of carbonyl (C=O) groups is 1. The minimum absolute atomic E-state index is 0.160. The number of carboxylic acids is 1. The quantitative estimate of drug-likeness (QED) is 0.793. The van der Waals surface area contributed by atoms with Crippen molar-refractivity contribution in [3.05, 3.63) is 11.9 Å². The Hall–Kier alpha value is -1.85. The summed E-state index contributed by atoms with van der Waals surface area (Å²) in [7, 11) is 1.88. The average molecular weight is 253 g/mol. The molecule has 0 unspecified atom stereocenters. The van der Waals surface area contributed by atoms with E-state index in [-0.39, 0.29) is 6.42 Å². The molecule has 0 atom stereocenters. The van der Waals surface area contributed by atoms with E-state index in [4.69, 9.17) is 9.84 Å². The van der Waals surface area contributed by atoms with Gasteiger partial charge in [-0.15, -0.1) is 0 Å². The zero-order valence-corrected chi connectivity index (χ0v) is 11.0. The number of anilines is 1. The Labute approximate surface area is 107 Å². The predicted octanol–water partition coefficient (Wildman–Crippen LogP) is 1.48. The molecule has 0 amide bonds. The lowest BCUT2D eigenvalue weighted by Gasteiger charge is -2.20. The van der Waals surface area contributed by atoms with Crippen LogP contribution < -0.4 is 9.64 Å². The molecule has 0 fully saturated rings. The summed E-state index contributed by atoms with van der Waals surface area (Å²) in [6.07, 6.45) is 2.20. The first kappa shape index (κ1) is 14.2. The summed E-state index contributed by atoms with van der Waals surface area (Å²) < 4.78 is 5.40. The number of hydrogen-bond donors (Lipinski definition) is 1. The molecule has 6 nitrogen and oxygen atoms in total. The lowest BCUT2D eigenvalue weighted by molar-refractivity contribution is -0.137. The first-order chi connectivity index (χ1) is 8.56. The molecule has 0 aliphatic rings.